The van der Waals surface area contributed by atoms with Crippen LogP contribution in [0.5, 0.6) is 0 Å². The maximum absolute atomic E-state index is 12.3. The molecule has 0 radical (unpaired) electrons. The van der Waals surface area contributed by atoms with Crippen LogP contribution in [0, 0.1) is 0 Å². The molecule has 1 fully saturated rings. The van der Waals surface area contributed by atoms with Gasteiger partial charge in [-0.25, -0.2) is 19.7 Å². The van der Waals surface area contributed by atoms with Crippen LogP contribution in [0.15, 0.2) is 47.8 Å². The van der Waals surface area contributed by atoms with Crippen LogP contribution in [-0.4, -0.2) is 40.3 Å². The van der Waals surface area contributed by atoms with Gasteiger partial charge in [0.1, 0.15) is 12.1 Å². The first-order chi connectivity index (χ1) is 13.7. The molecule has 0 N–H and O–H groups in total. The van der Waals surface area contributed by atoms with E-state index in [0.717, 1.165) is 47.8 Å². The molecule has 7 heteroatoms. The summed E-state index contributed by atoms with van der Waals surface area (Å²) in [5, 5.41) is 1.65. The van der Waals surface area contributed by atoms with E-state index in [1.165, 1.54) is 18.2 Å². The van der Waals surface area contributed by atoms with Gasteiger partial charge in [-0.2, -0.15) is 0 Å². The monoisotopic (exact) mass is 394 g/mol. The van der Waals surface area contributed by atoms with Crippen molar-refractivity contribution in [1.29, 1.82) is 0 Å². The minimum Gasteiger partial charge on any atom is -0.456 e. The Morgan fingerprint density at radius 3 is 2.68 bits per heavy atom. The van der Waals surface area contributed by atoms with Gasteiger partial charge in [0.15, 0.2) is 11.0 Å². The van der Waals surface area contributed by atoms with E-state index in [9.17, 15) is 4.79 Å². The van der Waals surface area contributed by atoms with Crippen molar-refractivity contribution in [3.8, 4) is 0 Å². The molecule has 4 rings (SSSR count). The van der Waals surface area contributed by atoms with E-state index in [1.807, 2.05) is 36.7 Å². The van der Waals surface area contributed by atoms with Crippen molar-refractivity contribution < 1.29 is 9.53 Å². The van der Waals surface area contributed by atoms with Crippen molar-refractivity contribution in [3.05, 3.63) is 53.9 Å². The lowest BCUT2D eigenvalue weighted by Crippen LogP contribution is -2.30. The zero-order chi connectivity index (χ0) is 19.3. The first-order valence-corrected chi connectivity index (χ1v) is 10.6. The number of pyridine rings is 1. The Morgan fingerprint density at radius 1 is 1.14 bits per heavy atom. The van der Waals surface area contributed by atoms with E-state index >= 15 is 0 Å². The van der Waals surface area contributed by atoms with Crippen molar-refractivity contribution >= 4 is 34.5 Å². The Bertz CT molecular complexity index is 975. The number of anilines is 1. The second-order valence-corrected chi connectivity index (χ2v) is 7.49. The molecular formula is C21H22N4O2S. The number of fused-ring (bicyclic) bond motifs is 1. The van der Waals surface area contributed by atoms with Gasteiger partial charge in [0.05, 0.1) is 11.3 Å². The number of nitrogens with zero attached hydrogens (tertiary/aromatic N) is 4. The molecule has 0 saturated carbocycles. The lowest BCUT2D eigenvalue weighted by atomic mass is 10.1. The molecule has 0 spiro atoms. The summed E-state index contributed by atoms with van der Waals surface area (Å²) in [6, 6.07) is 10.9. The fourth-order valence-electron chi connectivity index (χ4n) is 3.36. The van der Waals surface area contributed by atoms with Crippen molar-refractivity contribution in [3.63, 3.8) is 0 Å². The Hall–Kier alpha value is -2.67. The van der Waals surface area contributed by atoms with E-state index in [4.69, 9.17) is 14.7 Å². The fourth-order valence-corrected chi connectivity index (χ4v) is 3.70. The number of carbonyl (C=O) groups is 1. The molecule has 0 atom stereocenters. The molecule has 1 aliphatic rings. The van der Waals surface area contributed by atoms with E-state index in [1.54, 1.807) is 12.1 Å². The molecule has 6 nitrogen and oxygen atoms in total. The summed E-state index contributed by atoms with van der Waals surface area (Å²) < 4.78 is 5.49. The van der Waals surface area contributed by atoms with Crippen LogP contribution in [0.4, 0.5) is 5.82 Å². The van der Waals surface area contributed by atoms with Gasteiger partial charge in [-0.1, -0.05) is 30.0 Å². The topological polar surface area (TPSA) is 68.2 Å². The summed E-state index contributed by atoms with van der Waals surface area (Å²) >= 11 is 1.52. The number of piperidine rings is 1. The summed E-state index contributed by atoms with van der Waals surface area (Å²) in [5.74, 6) is 0.511. The molecule has 3 heterocycles. The predicted octanol–water partition coefficient (Wildman–Crippen LogP) is 4.09. The molecule has 0 unspecified atom stereocenters. The predicted molar refractivity (Wildman–Crippen MR) is 111 cm³/mol. The van der Waals surface area contributed by atoms with Gasteiger partial charge in [0, 0.05) is 24.7 Å². The maximum Gasteiger partial charge on any atom is 0.338 e. The number of ether oxygens (including phenoxy) is 1. The molecule has 0 bridgehead atoms. The number of esters is 1. The number of thioether (sulfide) groups is 1. The highest BCUT2D eigenvalue weighted by Gasteiger charge is 2.18. The van der Waals surface area contributed by atoms with Crippen molar-refractivity contribution in [2.75, 3.05) is 24.2 Å². The van der Waals surface area contributed by atoms with Crippen LogP contribution in [0.25, 0.3) is 10.9 Å². The fraction of sp³-hybridized carbons (Fsp3) is 0.333. The minimum atomic E-state index is -0.351. The van der Waals surface area contributed by atoms with Gasteiger partial charge in [0.25, 0.3) is 0 Å². The summed E-state index contributed by atoms with van der Waals surface area (Å²) in [6.07, 6.45) is 7.33. The highest BCUT2D eigenvalue weighted by Crippen LogP contribution is 2.28. The zero-order valence-electron chi connectivity index (χ0n) is 15.8. The van der Waals surface area contributed by atoms with Gasteiger partial charge in [-0.15, -0.1) is 0 Å². The highest BCUT2D eigenvalue weighted by molar-refractivity contribution is 7.98. The minimum absolute atomic E-state index is 0.120. The molecule has 28 heavy (non-hydrogen) atoms. The molecular weight excluding hydrogens is 372 g/mol. The number of rotatable bonds is 5. The normalized spacial score (nSPS) is 14.2. The molecule has 3 aromatic rings. The largest absolute Gasteiger partial charge is 0.456 e. The van der Waals surface area contributed by atoms with Crippen LogP contribution < -0.4 is 4.90 Å². The second kappa shape index (κ2) is 8.56. The smallest absolute Gasteiger partial charge is 0.338 e. The van der Waals surface area contributed by atoms with Crippen molar-refractivity contribution in [2.24, 2.45) is 0 Å². The van der Waals surface area contributed by atoms with Gasteiger partial charge in [-0.05, 0) is 43.7 Å². The lowest BCUT2D eigenvalue weighted by Gasteiger charge is -2.28. The molecule has 144 valence electrons. The summed E-state index contributed by atoms with van der Waals surface area (Å²) in [6.45, 7) is 2.05. The quantitative estimate of drug-likeness (QED) is 0.367. The van der Waals surface area contributed by atoms with Crippen LogP contribution in [0.3, 0.4) is 0 Å². The molecule has 1 aliphatic heterocycles. The molecule has 0 aliphatic carbocycles. The first kappa shape index (κ1) is 18.7. The third-order valence-corrected chi connectivity index (χ3v) is 5.34. The van der Waals surface area contributed by atoms with Gasteiger partial charge in [-0.3, -0.25) is 0 Å². The second-order valence-electron chi connectivity index (χ2n) is 6.72. The molecule has 1 saturated heterocycles. The summed E-state index contributed by atoms with van der Waals surface area (Å²) in [4.78, 5) is 28.4. The van der Waals surface area contributed by atoms with Crippen molar-refractivity contribution in [1.82, 2.24) is 15.0 Å². The Balaban J connectivity index is 1.64. The van der Waals surface area contributed by atoms with Gasteiger partial charge >= 0.3 is 5.97 Å². The highest BCUT2D eigenvalue weighted by atomic mass is 32.2. The summed E-state index contributed by atoms with van der Waals surface area (Å²) in [7, 11) is 0. The van der Waals surface area contributed by atoms with Crippen molar-refractivity contribution in [2.45, 2.75) is 31.0 Å². The maximum atomic E-state index is 12.3. The standard InChI is InChI=1S/C21H22N4O2S/c1-28-21-22-13-16-12-17(14-27-20(26)15-8-4-2-5-9-15)23-19(18(16)24-21)25-10-6-3-7-11-25/h2,4-5,8-9,12-13H,3,6-7,10-11,14H2,1H3. The van der Waals surface area contributed by atoms with Gasteiger partial charge in [0.2, 0.25) is 0 Å². The Morgan fingerprint density at radius 2 is 1.93 bits per heavy atom. The van der Waals surface area contributed by atoms with E-state index in [0.29, 0.717) is 11.3 Å². The van der Waals surface area contributed by atoms with Crippen LogP contribution in [-0.2, 0) is 11.3 Å². The van der Waals surface area contributed by atoms with Crippen LogP contribution in [0.1, 0.15) is 35.3 Å². The van der Waals surface area contributed by atoms with Crippen LogP contribution in [0.2, 0.25) is 0 Å². The first-order valence-electron chi connectivity index (χ1n) is 9.42. The third-order valence-electron chi connectivity index (χ3n) is 4.78. The number of benzene rings is 1. The Kier molecular flexibility index (Phi) is 5.71. The lowest BCUT2D eigenvalue weighted by molar-refractivity contribution is 0.0468. The van der Waals surface area contributed by atoms with E-state index in [2.05, 4.69) is 9.88 Å². The third kappa shape index (κ3) is 4.09. The van der Waals surface area contributed by atoms with E-state index < -0.39 is 0 Å². The Labute approximate surface area is 168 Å². The number of hydrogen-bond acceptors (Lipinski definition) is 7. The average Bonchev–Trinajstić information content (AvgIpc) is 2.77. The zero-order valence-corrected chi connectivity index (χ0v) is 16.6. The van der Waals surface area contributed by atoms with E-state index in [-0.39, 0.29) is 12.6 Å². The van der Waals surface area contributed by atoms with Crippen LogP contribution >= 0.6 is 11.8 Å². The molecule has 1 aromatic carbocycles. The SMILES string of the molecule is CSc1ncc2cc(COC(=O)c3ccccc3)nc(N3CCCCC3)c2n1. The number of carbonyl (C=O) groups excluding carboxylic acids is 1. The van der Waals surface area contributed by atoms with Gasteiger partial charge < -0.3 is 9.64 Å². The average molecular weight is 395 g/mol. The molecule has 2 aromatic heterocycles. The number of aromatic nitrogens is 3. The molecule has 0 amide bonds. The summed E-state index contributed by atoms with van der Waals surface area (Å²) in [5.41, 5.74) is 2.10. The number of hydrogen-bond donors (Lipinski definition) is 0.